The number of hydrogen-bond acceptors (Lipinski definition) is 5. The van der Waals surface area contributed by atoms with Crippen molar-refractivity contribution >= 4 is 55.4 Å². The van der Waals surface area contributed by atoms with E-state index in [9.17, 15) is 12.8 Å². The van der Waals surface area contributed by atoms with E-state index in [1.807, 2.05) is 0 Å². The Labute approximate surface area is 203 Å². The Hall–Kier alpha value is -2.33. The molecule has 32 heavy (non-hydrogen) atoms. The number of methoxy groups -OCH3 is 1. The minimum absolute atomic E-state index is 0.110. The lowest BCUT2D eigenvalue weighted by Gasteiger charge is -2.14. The molecule has 0 amide bonds. The average Bonchev–Trinajstić information content (AvgIpc) is 2.75. The number of nitrogens with one attached hydrogen (secondary N) is 1. The number of sulfonamides is 1. The van der Waals surface area contributed by atoms with Crippen molar-refractivity contribution in [3.05, 3.63) is 86.1 Å². The summed E-state index contributed by atoms with van der Waals surface area (Å²) in [5.41, 5.74) is 1.35. The van der Waals surface area contributed by atoms with E-state index in [0.717, 1.165) is 29.8 Å². The maximum Gasteiger partial charge on any atom is 0.276 e. The predicted octanol–water partition coefficient (Wildman–Crippen LogP) is 5.80. The summed E-state index contributed by atoms with van der Waals surface area (Å²) in [6.07, 6.45) is 1.30. The molecule has 168 valence electrons. The van der Waals surface area contributed by atoms with E-state index in [4.69, 9.17) is 32.7 Å². The predicted molar refractivity (Wildman–Crippen MR) is 126 cm³/mol. The van der Waals surface area contributed by atoms with Crippen LogP contribution in [0.2, 0.25) is 10.0 Å². The molecule has 0 unspecified atom stereocenters. The van der Waals surface area contributed by atoms with Crippen molar-refractivity contribution < 1.29 is 22.3 Å². The topological polar surface area (TPSA) is 77.0 Å². The molecule has 6 nitrogen and oxygen atoms in total. The molecule has 3 aromatic rings. The lowest BCUT2D eigenvalue weighted by molar-refractivity contribution is 0.282. The summed E-state index contributed by atoms with van der Waals surface area (Å²) in [4.78, 5) is 1.97. The van der Waals surface area contributed by atoms with Gasteiger partial charge in [-0.1, -0.05) is 29.3 Å². The number of hydrogen-bond donors (Lipinski definition) is 1. The van der Waals surface area contributed by atoms with E-state index in [-0.39, 0.29) is 11.5 Å². The van der Waals surface area contributed by atoms with E-state index in [1.54, 1.807) is 30.3 Å². The van der Waals surface area contributed by atoms with Crippen LogP contribution in [0.1, 0.15) is 11.1 Å². The van der Waals surface area contributed by atoms with Crippen LogP contribution in [-0.2, 0) is 16.6 Å². The highest BCUT2D eigenvalue weighted by Crippen LogP contribution is 2.37. The molecule has 0 saturated carbocycles. The van der Waals surface area contributed by atoms with Crippen LogP contribution < -0.4 is 14.3 Å². The molecule has 0 aliphatic heterocycles. The fourth-order valence-electron chi connectivity index (χ4n) is 2.58. The van der Waals surface area contributed by atoms with Gasteiger partial charge < -0.3 is 9.47 Å². The van der Waals surface area contributed by atoms with Crippen molar-refractivity contribution in [3.8, 4) is 11.5 Å². The van der Waals surface area contributed by atoms with Crippen LogP contribution in [0.4, 0.5) is 4.39 Å². The minimum Gasteiger partial charge on any atom is -0.493 e. The van der Waals surface area contributed by atoms with Crippen LogP contribution >= 0.6 is 39.1 Å². The average molecular weight is 562 g/mol. The molecule has 0 aromatic heterocycles. The molecular weight excluding hydrogens is 546 g/mol. The number of nitrogens with zero attached hydrogens (tertiary/aromatic N) is 1. The van der Waals surface area contributed by atoms with Crippen molar-refractivity contribution in [2.75, 3.05) is 7.11 Å². The van der Waals surface area contributed by atoms with Gasteiger partial charge in [-0.2, -0.15) is 13.5 Å². The zero-order chi connectivity index (χ0) is 23.3. The van der Waals surface area contributed by atoms with Gasteiger partial charge in [-0.05, 0) is 75.6 Å². The Kier molecular flexibility index (Phi) is 8.00. The molecule has 0 aliphatic rings. The first-order chi connectivity index (χ1) is 15.2. The number of rotatable bonds is 8. The van der Waals surface area contributed by atoms with Gasteiger partial charge in [-0.15, -0.1) is 0 Å². The van der Waals surface area contributed by atoms with Crippen LogP contribution in [0, 0.1) is 5.82 Å². The third-order valence-corrected chi connectivity index (χ3v) is 6.70. The Balaban J connectivity index is 1.73. The highest BCUT2D eigenvalue weighted by atomic mass is 79.9. The van der Waals surface area contributed by atoms with Gasteiger partial charge in [0.05, 0.1) is 32.7 Å². The summed E-state index contributed by atoms with van der Waals surface area (Å²) in [7, 11) is -2.45. The third kappa shape index (κ3) is 6.13. The number of hydrazone groups is 1. The molecule has 0 bridgehead atoms. The second kappa shape index (κ2) is 10.5. The molecular formula is C21H16BrCl2FN2O4S. The molecule has 0 atom stereocenters. The van der Waals surface area contributed by atoms with Crippen LogP contribution in [0.25, 0.3) is 0 Å². The molecule has 3 aromatic carbocycles. The normalized spacial score (nSPS) is 11.5. The number of ether oxygens (including phenoxy) is 2. The van der Waals surface area contributed by atoms with Crippen LogP contribution in [0.5, 0.6) is 11.5 Å². The molecule has 0 radical (unpaired) electrons. The molecule has 11 heteroatoms. The quantitative estimate of drug-likeness (QED) is 0.279. The van der Waals surface area contributed by atoms with E-state index >= 15 is 0 Å². The van der Waals surface area contributed by atoms with Gasteiger partial charge >= 0.3 is 0 Å². The number of benzene rings is 3. The highest BCUT2D eigenvalue weighted by Gasteiger charge is 2.14. The van der Waals surface area contributed by atoms with Gasteiger partial charge in [-0.3, -0.25) is 0 Å². The van der Waals surface area contributed by atoms with Crippen molar-refractivity contribution in [2.24, 2.45) is 5.10 Å². The largest absolute Gasteiger partial charge is 0.493 e. The van der Waals surface area contributed by atoms with Gasteiger partial charge in [0.25, 0.3) is 10.0 Å². The van der Waals surface area contributed by atoms with E-state index in [0.29, 0.717) is 31.6 Å². The minimum atomic E-state index is -3.93. The van der Waals surface area contributed by atoms with Gasteiger partial charge in [-0.25, -0.2) is 9.22 Å². The maximum atomic E-state index is 13.0. The summed E-state index contributed by atoms with van der Waals surface area (Å²) in [6, 6.07) is 12.9. The molecule has 0 spiro atoms. The summed E-state index contributed by atoms with van der Waals surface area (Å²) in [6.45, 7) is 0.219. The monoisotopic (exact) mass is 560 g/mol. The zero-order valence-corrected chi connectivity index (χ0v) is 20.4. The smallest absolute Gasteiger partial charge is 0.276 e. The van der Waals surface area contributed by atoms with Crippen molar-refractivity contribution in [1.29, 1.82) is 0 Å². The Morgan fingerprint density at radius 2 is 1.81 bits per heavy atom. The van der Waals surface area contributed by atoms with Crippen LogP contribution in [-0.4, -0.2) is 21.7 Å². The van der Waals surface area contributed by atoms with E-state index in [2.05, 4.69) is 25.9 Å². The third-order valence-electron chi connectivity index (χ3n) is 4.13. The van der Waals surface area contributed by atoms with E-state index in [1.165, 1.54) is 13.3 Å². The van der Waals surface area contributed by atoms with Crippen molar-refractivity contribution in [3.63, 3.8) is 0 Å². The lowest BCUT2D eigenvalue weighted by Crippen LogP contribution is -2.18. The highest BCUT2D eigenvalue weighted by molar-refractivity contribution is 9.10. The van der Waals surface area contributed by atoms with Gasteiger partial charge in [0, 0.05) is 0 Å². The molecule has 3 rings (SSSR count). The molecule has 0 fully saturated rings. The fraction of sp³-hybridized carbons (Fsp3) is 0.0952. The second-order valence-corrected chi connectivity index (χ2v) is 9.71. The first kappa shape index (κ1) is 24.3. The zero-order valence-electron chi connectivity index (χ0n) is 16.5. The number of halogens is 4. The molecule has 1 N–H and O–H groups in total. The van der Waals surface area contributed by atoms with Gasteiger partial charge in [0.15, 0.2) is 11.5 Å². The first-order valence-corrected chi connectivity index (χ1v) is 12.0. The molecule has 0 saturated heterocycles. The first-order valence-electron chi connectivity index (χ1n) is 8.94. The van der Waals surface area contributed by atoms with Crippen LogP contribution in [0.3, 0.4) is 0 Å². The van der Waals surface area contributed by atoms with Gasteiger partial charge in [0.1, 0.15) is 12.4 Å². The Morgan fingerprint density at radius 3 is 2.47 bits per heavy atom. The summed E-state index contributed by atoms with van der Waals surface area (Å²) >= 11 is 15.4. The summed E-state index contributed by atoms with van der Waals surface area (Å²) in [5, 5.41) is 4.64. The standard InChI is InChI=1S/C21H16BrCl2FN2O4S/c1-30-20-10-14(11-26-27-32(28,29)16-5-3-15(25)4-6-16)8-17(22)21(20)31-12-13-2-7-18(23)19(24)9-13/h2-11,27H,12H2,1H3/b26-11-. The molecule has 0 aliphatic carbocycles. The Morgan fingerprint density at radius 1 is 1.09 bits per heavy atom. The summed E-state index contributed by atoms with van der Waals surface area (Å²) < 4.78 is 49.3. The summed E-state index contributed by atoms with van der Waals surface area (Å²) in [5.74, 6) is 0.316. The molecule has 0 heterocycles. The van der Waals surface area contributed by atoms with Crippen molar-refractivity contribution in [1.82, 2.24) is 4.83 Å². The maximum absolute atomic E-state index is 13.0. The lowest BCUT2D eigenvalue weighted by atomic mass is 10.2. The van der Waals surface area contributed by atoms with Crippen LogP contribution in [0.15, 0.2) is 69.1 Å². The Bertz CT molecular complexity index is 1260. The van der Waals surface area contributed by atoms with E-state index < -0.39 is 15.8 Å². The van der Waals surface area contributed by atoms with Crippen molar-refractivity contribution in [2.45, 2.75) is 11.5 Å². The second-order valence-electron chi connectivity index (χ2n) is 6.38. The SMILES string of the molecule is COc1cc(/C=N\NS(=O)(=O)c2ccc(F)cc2)cc(Br)c1OCc1ccc(Cl)c(Cl)c1. The van der Waals surface area contributed by atoms with Gasteiger partial charge in [0.2, 0.25) is 0 Å². The fourth-order valence-corrected chi connectivity index (χ4v) is 4.26.